The lowest BCUT2D eigenvalue weighted by Crippen LogP contribution is -2.58. The number of hydrogen-bond acceptors (Lipinski definition) is 5. The Kier molecular flexibility index (Phi) is 8.18. The maximum absolute atomic E-state index is 7.18. The Labute approximate surface area is 232 Å². The first kappa shape index (κ1) is 28.7. The monoisotopic (exact) mass is 542 g/mol. The molecule has 2 aliphatic carbocycles. The summed E-state index contributed by atoms with van der Waals surface area (Å²) in [5.74, 6) is 15.1. The maximum Gasteiger partial charge on any atom is 0.282 e. The second-order valence-electron chi connectivity index (χ2n) is 14.4. The summed E-state index contributed by atoms with van der Waals surface area (Å²) in [5, 5.41) is 0.231. The summed E-state index contributed by atoms with van der Waals surface area (Å²) in [4.78, 5) is 0. The van der Waals surface area contributed by atoms with Crippen LogP contribution in [0.2, 0.25) is 18.1 Å². The minimum absolute atomic E-state index is 0.0137. The van der Waals surface area contributed by atoms with Crippen molar-refractivity contribution >= 4 is 8.32 Å². The molecule has 2 bridgehead atoms. The highest BCUT2D eigenvalue weighted by Crippen LogP contribution is 2.57. The molecule has 212 valence electrons. The summed E-state index contributed by atoms with van der Waals surface area (Å²) in [5.41, 5.74) is 0.0137. The van der Waals surface area contributed by atoms with Crippen molar-refractivity contribution in [1.82, 2.24) is 0 Å². The van der Waals surface area contributed by atoms with Crippen LogP contribution in [-0.2, 0) is 23.4 Å². The van der Waals surface area contributed by atoms with E-state index in [2.05, 4.69) is 71.4 Å². The second-order valence-corrected chi connectivity index (χ2v) is 19.2. The van der Waals surface area contributed by atoms with Crippen LogP contribution >= 0.6 is 0 Å². The van der Waals surface area contributed by atoms with Crippen molar-refractivity contribution in [3.8, 4) is 23.7 Å². The van der Waals surface area contributed by atoms with Gasteiger partial charge < -0.3 is 23.4 Å². The van der Waals surface area contributed by atoms with E-state index < -0.39 is 14.3 Å². The molecule has 0 aromatic rings. The van der Waals surface area contributed by atoms with Crippen LogP contribution in [0.1, 0.15) is 86.0 Å². The average molecular weight is 543 g/mol. The molecule has 0 amide bonds. The highest BCUT2D eigenvalue weighted by Gasteiger charge is 2.61. The Hall–Kier alpha value is -0.863. The third-order valence-corrected chi connectivity index (χ3v) is 14.6. The number of ether oxygens (including phenoxy) is 4. The summed E-state index contributed by atoms with van der Waals surface area (Å²) in [6, 6.07) is 0. The van der Waals surface area contributed by atoms with E-state index in [1.807, 2.05) is 0 Å². The zero-order valence-electron chi connectivity index (χ0n) is 24.9. The molecule has 6 rings (SSSR count). The van der Waals surface area contributed by atoms with Gasteiger partial charge in [-0.15, -0.1) is 11.8 Å². The van der Waals surface area contributed by atoms with E-state index in [1.54, 1.807) is 0 Å². The SMILES string of the molecule is CC[C@H]1CC1[C@@H](O[Si](C)(C)C(C)(C)C)[C@@H]1CC2O[C@@H]2[C@H]1CC#CCC#CCCCC12OCC(C)(CO1)CO2. The van der Waals surface area contributed by atoms with Crippen LogP contribution in [0.4, 0.5) is 0 Å². The van der Waals surface area contributed by atoms with Crippen LogP contribution in [0.15, 0.2) is 0 Å². The van der Waals surface area contributed by atoms with Crippen molar-refractivity contribution in [3.63, 3.8) is 0 Å². The van der Waals surface area contributed by atoms with Gasteiger partial charge in [0.1, 0.15) is 0 Å². The Balaban J connectivity index is 1.10. The molecule has 6 aliphatic rings. The van der Waals surface area contributed by atoms with E-state index in [-0.39, 0.29) is 10.5 Å². The van der Waals surface area contributed by atoms with E-state index in [9.17, 15) is 0 Å². The molecule has 4 saturated heterocycles. The predicted octanol–water partition coefficient (Wildman–Crippen LogP) is 6.52. The fourth-order valence-corrected chi connectivity index (χ4v) is 7.75. The van der Waals surface area contributed by atoms with Crippen molar-refractivity contribution in [2.45, 2.75) is 128 Å². The third-order valence-electron chi connectivity index (χ3n) is 10.2. The summed E-state index contributed by atoms with van der Waals surface area (Å²) in [7, 11) is -1.84. The van der Waals surface area contributed by atoms with Crippen LogP contribution in [0.5, 0.6) is 0 Å². The lowest BCUT2D eigenvalue weighted by atomic mass is 9.84. The maximum atomic E-state index is 7.18. The molecular weight excluding hydrogens is 492 g/mol. The van der Waals surface area contributed by atoms with Crippen LogP contribution in [-0.4, -0.2) is 52.4 Å². The zero-order chi connectivity index (χ0) is 27.2. The summed E-state index contributed by atoms with van der Waals surface area (Å²) in [6.07, 6.45) is 8.95. The molecule has 0 aromatic carbocycles. The Morgan fingerprint density at radius 3 is 2.29 bits per heavy atom. The number of rotatable bonds is 9. The molecule has 0 N–H and O–H groups in total. The van der Waals surface area contributed by atoms with Crippen LogP contribution in [0, 0.1) is 52.8 Å². The van der Waals surface area contributed by atoms with Gasteiger partial charge in [-0.2, -0.15) is 0 Å². The van der Waals surface area contributed by atoms with Gasteiger partial charge in [0.05, 0.1) is 44.6 Å². The van der Waals surface area contributed by atoms with E-state index >= 15 is 0 Å². The van der Waals surface area contributed by atoms with Crippen molar-refractivity contribution < 1.29 is 23.4 Å². The molecule has 0 radical (unpaired) electrons. The normalized spacial score (nSPS) is 40.0. The molecule has 0 aromatic heterocycles. The first-order valence-electron chi connectivity index (χ1n) is 15.1. The van der Waals surface area contributed by atoms with Gasteiger partial charge in [-0.25, -0.2) is 0 Å². The lowest BCUT2D eigenvalue weighted by Gasteiger charge is -2.50. The zero-order valence-corrected chi connectivity index (χ0v) is 25.9. The minimum Gasteiger partial charge on any atom is -0.413 e. The van der Waals surface area contributed by atoms with Gasteiger partial charge in [0.2, 0.25) is 0 Å². The molecule has 38 heavy (non-hydrogen) atoms. The van der Waals surface area contributed by atoms with Gasteiger partial charge in [0, 0.05) is 30.6 Å². The Morgan fingerprint density at radius 2 is 1.66 bits per heavy atom. The fraction of sp³-hybridized carbons (Fsp3) is 0.875. The number of epoxide rings is 1. The smallest absolute Gasteiger partial charge is 0.282 e. The molecular formula is C32H50O5Si. The highest BCUT2D eigenvalue weighted by molar-refractivity contribution is 6.74. The highest BCUT2D eigenvalue weighted by atomic mass is 28.4. The largest absolute Gasteiger partial charge is 0.413 e. The number of hydrogen-bond donors (Lipinski definition) is 0. The topological polar surface area (TPSA) is 49.5 Å². The van der Waals surface area contributed by atoms with Gasteiger partial charge >= 0.3 is 0 Å². The van der Waals surface area contributed by atoms with E-state index in [1.165, 1.54) is 12.8 Å². The van der Waals surface area contributed by atoms with Gasteiger partial charge in [-0.1, -0.05) is 52.9 Å². The Morgan fingerprint density at radius 1 is 0.974 bits per heavy atom. The van der Waals surface area contributed by atoms with Crippen molar-refractivity contribution in [3.05, 3.63) is 0 Å². The molecule has 4 heterocycles. The molecule has 2 unspecified atom stereocenters. The van der Waals surface area contributed by atoms with Gasteiger partial charge in [-0.05, 0) is 55.1 Å². The minimum atomic E-state index is -1.84. The van der Waals surface area contributed by atoms with Crippen molar-refractivity contribution in [1.29, 1.82) is 0 Å². The van der Waals surface area contributed by atoms with Gasteiger partial charge in [0.15, 0.2) is 8.32 Å². The number of fused-ring (bicyclic) bond motifs is 4. The summed E-state index contributed by atoms with van der Waals surface area (Å²) in [6.45, 7) is 18.5. The van der Waals surface area contributed by atoms with E-state index in [0.717, 1.165) is 43.9 Å². The van der Waals surface area contributed by atoms with Crippen molar-refractivity contribution in [2.75, 3.05) is 19.8 Å². The van der Waals surface area contributed by atoms with E-state index in [4.69, 9.17) is 23.4 Å². The van der Waals surface area contributed by atoms with Crippen molar-refractivity contribution in [2.24, 2.45) is 29.1 Å². The van der Waals surface area contributed by atoms with Crippen LogP contribution in [0.25, 0.3) is 0 Å². The molecule has 7 atom stereocenters. The predicted molar refractivity (Wildman–Crippen MR) is 152 cm³/mol. The molecule has 0 spiro atoms. The third kappa shape index (κ3) is 6.22. The Bertz CT molecular complexity index is 953. The van der Waals surface area contributed by atoms with Gasteiger partial charge in [-0.3, -0.25) is 0 Å². The average Bonchev–Trinajstić information content (AvgIpc) is 3.79. The van der Waals surface area contributed by atoms with Crippen LogP contribution < -0.4 is 0 Å². The van der Waals surface area contributed by atoms with E-state index in [0.29, 0.717) is 56.4 Å². The molecule has 4 aliphatic heterocycles. The summed E-state index contributed by atoms with van der Waals surface area (Å²) >= 11 is 0. The summed E-state index contributed by atoms with van der Waals surface area (Å²) < 4.78 is 30.8. The van der Waals surface area contributed by atoms with Crippen LogP contribution in [0.3, 0.4) is 0 Å². The first-order valence-corrected chi connectivity index (χ1v) is 18.0. The molecule has 6 fully saturated rings. The number of unbranched alkanes of at least 4 members (excludes halogenated alkanes) is 1. The standard InChI is InChI=1S/C32H50O5Si/c1-8-23-18-25(23)28(37-38(6,7)30(2,3)4)26-19-27-29(36-27)24(26)16-14-12-10-9-11-13-15-17-32-33-20-31(5,21-34-32)22-35-32/h23-29H,8,10,13,15-22H2,1-7H3/t23-,24-,25?,26+,27?,28+,29+,31?,32?/m0/s1. The van der Waals surface area contributed by atoms with Gasteiger partial charge in [0.25, 0.3) is 5.97 Å². The lowest BCUT2D eigenvalue weighted by molar-refractivity contribution is -0.467. The molecule has 5 nitrogen and oxygen atoms in total. The quantitative estimate of drug-likeness (QED) is 0.144. The first-order chi connectivity index (χ1) is 18.0. The second kappa shape index (κ2) is 10.8. The molecule has 6 heteroatoms. The fourth-order valence-electron chi connectivity index (χ4n) is 6.37. The molecule has 2 saturated carbocycles.